The molecule has 0 fully saturated rings. The van der Waals surface area contributed by atoms with Crippen molar-refractivity contribution in [1.82, 2.24) is 0 Å². The third kappa shape index (κ3) is 3.75. The van der Waals surface area contributed by atoms with E-state index in [-0.39, 0.29) is 52.8 Å². The predicted molar refractivity (Wildman–Crippen MR) is 55.4 cm³/mol. The molecule has 0 bridgehead atoms. The molecule has 0 spiro atoms. The first-order valence-corrected chi connectivity index (χ1v) is 4.16. The van der Waals surface area contributed by atoms with Crippen molar-refractivity contribution >= 4 is 6.08 Å². The van der Waals surface area contributed by atoms with Crippen LogP contribution in [0.25, 0.3) is 6.08 Å². The van der Waals surface area contributed by atoms with Crippen LogP contribution in [0.15, 0.2) is 24.3 Å². The van der Waals surface area contributed by atoms with Crippen molar-refractivity contribution in [3.8, 4) is 11.5 Å². The molecule has 0 amide bonds. The molecule has 2 nitrogen and oxygen atoms in total. The first-order chi connectivity index (χ1) is 6.31. The number of benzene rings is 1. The van der Waals surface area contributed by atoms with E-state index < -0.39 is 0 Å². The van der Waals surface area contributed by atoms with Crippen molar-refractivity contribution in [2.75, 3.05) is 14.2 Å². The molecule has 1 aromatic carbocycles. The molecular weight excluding hydrogens is 203 g/mol. The summed E-state index contributed by atoms with van der Waals surface area (Å²) < 4.78 is 10.3. The van der Waals surface area contributed by atoms with E-state index in [0.29, 0.717) is 0 Å². The molecule has 0 aliphatic carbocycles. The first kappa shape index (κ1) is 14.2. The number of rotatable bonds is 3. The van der Waals surface area contributed by atoms with Crippen LogP contribution in [0.4, 0.5) is 0 Å². The Morgan fingerprint density at radius 3 is 2.29 bits per heavy atom. The minimum atomic E-state index is 0. The van der Waals surface area contributed by atoms with E-state index >= 15 is 0 Å². The van der Waals surface area contributed by atoms with E-state index in [1.54, 1.807) is 14.2 Å². The third-order valence-corrected chi connectivity index (χ3v) is 1.77. The smallest absolute Gasteiger partial charge is 1.00 e. The van der Waals surface area contributed by atoms with Crippen LogP contribution in [0.1, 0.15) is 13.9 Å². The van der Waals surface area contributed by atoms with Gasteiger partial charge in [0.05, 0.1) is 14.2 Å². The molecule has 72 valence electrons. The molecule has 1 aromatic rings. The third-order valence-electron chi connectivity index (χ3n) is 1.77. The van der Waals surface area contributed by atoms with Crippen LogP contribution in [0.2, 0.25) is 0 Å². The Morgan fingerprint density at radius 2 is 1.79 bits per heavy atom. The Balaban J connectivity index is 0. The van der Waals surface area contributed by atoms with Gasteiger partial charge in [-0.15, -0.1) is 0 Å². The summed E-state index contributed by atoms with van der Waals surface area (Å²) in [6, 6.07) is 5.83. The van der Waals surface area contributed by atoms with Gasteiger partial charge in [-0.05, 0) is 24.6 Å². The van der Waals surface area contributed by atoms with Gasteiger partial charge in [0.15, 0.2) is 11.5 Å². The Bertz CT molecular complexity index is 313. The van der Waals surface area contributed by atoms with Gasteiger partial charge in [0.1, 0.15) is 0 Å². The molecule has 0 aliphatic heterocycles. The van der Waals surface area contributed by atoms with Crippen molar-refractivity contribution in [2.45, 2.75) is 6.92 Å². The first-order valence-electron chi connectivity index (χ1n) is 4.16. The number of methoxy groups -OCH3 is 2. The summed E-state index contributed by atoms with van der Waals surface area (Å²) in [6.07, 6.45) is 4.00. The Hall–Kier alpha value is 0.196. The second kappa shape index (κ2) is 7.48. The Labute approximate surface area is 129 Å². The van der Waals surface area contributed by atoms with Crippen LogP contribution >= 0.6 is 0 Å². The number of ether oxygens (including phenoxy) is 2. The molecule has 0 aliphatic rings. The molecule has 0 unspecified atom stereocenters. The zero-order valence-electron chi connectivity index (χ0n) is 10.2. The standard InChI is InChI=1S/C11H14O2.K.H/c1-4-5-9-6-7-10(12-2)11(8-9)13-3;;/h4-8H,1-3H3;;/q;+1;-1/b5-4+;;. The number of hydrogen-bond donors (Lipinski definition) is 0. The van der Waals surface area contributed by atoms with Crippen molar-refractivity contribution in [2.24, 2.45) is 0 Å². The van der Waals surface area contributed by atoms with Crippen LogP contribution in [-0.4, -0.2) is 14.2 Å². The molecule has 3 heteroatoms. The minimum absolute atomic E-state index is 0. The van der Waals surface area contributed by atoms with Gasteiger partial charge in [0, 0.05) is 0 Å². The van der Waals surface area contributed by atoms with Gasteiger partial charge < -0.3 is 10.9 Å². The summed E-state index contributed by atoms with van der Waals surface area (Å²) in [7, 11) is 3.27. The summed E-state index contributed by atoms with van der Waals surface area (Å²) in [4.78, 5) is 0. The van der Waals surface area contributed by atoms with E-state index in [2.05, 4.69) is 0 Å². The average molecular weight is 218 g/mol. The van der Waals surface area contributed by atoms with Crippen LogP contribution in [0.3, 0.4) is 0 Å². The summed E-state index contributed by atoms with van der Waals surface area (Å²) in [6.45, 7) is 1.98. The molecule has 1 rings (SSSR count). The van der Waals surface area contributed by atoms with Gasteiger partial charge in [-0.2, -0.15) is 0 Å². The largest absolute Gasteiger partial charge is 1.00 e. The fourth-order valence-corrected chi connectivity index (χ4v) is 1.15. The van der Waals surface area contributed by atoms with Crippen molar-refractivity contribution in [1.29, 1.82) is 0 Å². The summed E-state index contributed by atoms with van der Waals surface area (Å²) >= 11 is 0. The average Bonchev–Trinajstić information content (AvgIpc) is 2.18. The fourth-order valence-electron chi connectivity index (χ4n) is 1.15. The van der Waals surface area contributed by atoms with Gasteiger partial charge in [0.25, 0.3) is 0 Å². The zero-order valence-corrected chi connectivity index (χ0v) is 12.3. The predicted octanol–water partition coefficient (Wildman–Crippen LogP) is -0.147. The summed E-state index contributed by atoms with van der Waals surface area (Å²) in [5.41, 5.74) is 1.11. The van der Waals surface area contributed by atoms with Gasteiger partial charge in [-0.3, -0.25) is 0 Å². The van der Waals surface area contributed by atoms with Gasteiger partial charge in [0.2, 0.25) is 0 Å². The van der Waals surface area contributed by atoms with Gasteiger partial charge in [-0.25, -0.2) is 0 Å². The van der Waals surface area contributed by atoms with Crippen molar-refractivity contribution < 1.29 is 62.3 Å². The normalized spacial score (nSPS) is 9.64. The number of allylic oxidation sites excluding steroid dienone is 1. The van der Waals surface area contributed by atoms with Crippen molar-refractivity contribution in [3.05, 3.63) is 29.8 Å². The fraction of sp³-hybridized carbons (Fsp3) is 0.273. The van der Waals surface area contributed by atoms with Crippen LogP contribution in [0.5, 0.6) is 11.5 Å². The summed E-state index contributed by atoms with van der Waals surface area (Å²) in [5, 5.41) is 0. The molecule has 0 saturated carbocycles. The Morgan fingerprint density at radius 1 is 1.14 bits per heavy atom. The molecule has 0 heterocycles. The van der Waals surface area contributed by atoms with E-state index in [4.69, 9.17) is 9.47 Å². The maximum atomic E-state index is 5.16. The SMILES string of the molecule is C/C=C/c1ccc(OC)c(OC)c1.[H-].[K+]. The maximum absolute atomic E-state index is 5.16. The van der Waals surface area contributed by atoms with Gasteiger partial charge >= 0.3 is 51.4 Å². The van der Waals surface area contributed by atoms with Crippen LogP contribution in [0, 0.1) is 0 Å². The quantitative estimate of drug-likeness (QED) is 0.657. The Kier molecular flexibility index (Phi) is 7.59. The minimum Gasteiger partial charge on any atom is -1.00 e. The van der Waals surface area contributed by atoms with Crippen molar-refractivity contribution in [3.63, 3.8) is 0 Å². The van der Waals surface area contributed by atoms with E-state index in [1.807, 2.05) is 37.3 Å². The zero-order chi connectivity index (χ0) is 9.68. The molecule has 0 radical (unpaired) electrons. The van der Waals surface area contributed by atoms with Crippen LogP contribution < -0.4 is 60.9 Å². The number of hydrogen-bond acceptors (Lipinski definition) is 2. The monoisotopic (exact) mass is 218 g/mol. The van der Waals surface area contributed by atoms with E-state index in [0.717, 1.165) is 17.1 Å². The molecule has 0 saturated heterocycles. The maximum Gasteiger partial charge on any atom is 1.00 e. The molecule has 0 atom stereocenters. The molecular formula is C11H15KO2. The van der Waals surface area contributed by atoms with E-state index in [1.165, 1.54) is 0 Å². The molecule has 0 N–H and O–H groups in total. The van der Waals surface area contributed by atoms with Gasteiger partial charge in [-0.1, -0.05) is 18.2 Å². The van der Waals surface area contributed by atoms with Crippen LogP contribution in [-0.2, 0) is 0 Å². The van der Waals surface area contributed by atoms with E-state index in [9.17, 15) is 0 Å². The second-order valence-corrected chi connectivity index (χ2v) is 2.61. The molecule has 0 aromatic heterocycles. The summed E-state index contributed by atoms with van der Waals surface area (Å²) in [5.74, 6) is 1.52. The topological polar surface area (TPSA) is 18.5 Å². The second-order valence-electron chi connectivity index (χ2n) is 2.61. The molecule has 14 heavy (non-hydrogen) atoms.